The van der Waals surface area contributed by atoms with E-state index >= 15 is 0 Å². The van der Waals surface area contributed by atoms with Gasteiger partial charge in [-0.25, -0.2) is 4.79 Å². The van der Waals surface area contributed by atoms with E-state index in [2.05, 4.69) is 0 Å². The molecule has 1 aliphatic heterocycles. The average molecular weight is 172 g/mol. The molecule has 0 aliphatic carbocycles. The minimum atomic E-state index is -0.664. The molecular weight excluding hydrogens is 156 g/mol. The average Bonchev–Trinajstić information content (AvgIpc) is 2.55. The first-order valence-corrected chi connectivity index (χ1v) is 4.37. The van der Waals surface area contributed by atoms with Crippen LogP contribution in [0.3, 0.4) is 0 Å². The Kier molecular flexibility index (Phi) is 2.17. The number of esters is 1. The molecule has 12 heavy (non-hydrogen) atoms. The third-order valence-electron chi connectivity index (χ3n) is 2.46. The summed E-state index contributed by atoms with van der Waals surface area (Å²) in [4.78, 5) is 11.4. The Morgan fingerprint density at radius 3 is 2.17 bits per heavy atom. The van der Waals surface area contributed by atoms with E-state index in [0.29, 0.717) is 13.0 Å². The summed E-state index contributed by atoms with van der Waals surface area (Å²) in [5.41, 5.74) is -1.00. The van der Waals surface area contributed by atoms with Crippen LogP contribution in [0.5, 0.6) is 0 Å². The van der Waals surface area contributed by atoms with Crippen molar-refractivity contribution in [2.24, 2.45) is 0 Å². The Morgan fingerprint density at radius 1 is 1.42 bits per heavy atom. The first-order chi connectivity index (χ1) is 5.50. The molecule has 1 rings (SSSR count). The summed E-state index contributed by atoms with van der Waals surface area (Å²) in [7, 11) is 0. The van der Waals surface area contributed by atoms with E-state index < -0.39 is 5.60 Å². The zero-order valence-corrected chi connectivity index (χ0v) is 8.14. The minimum Gasteiger partial charge on any atom is -0.464 e. The van der Waals surface area contributed by atoms with E-state index in [1.807, 2.05) is 20.8 Å². The quantitative estimate of drug-likeness (QED) is 0.478. The number of hydrogen-bond acceptors (Lipinski definition) is 3. The zero-order valence-electron chi connectivity index (χ0n) is 8.14. The van der Waals surface area contributed by atoms with E-state index in [1.54, 1.807) is 6.92 Å². The van der Waals surface area contributed by atoms with Crippen LogP contribution in [0.1, 0.15) is 34.1 Å². The summed E-state index contributed by atoms with van der Waals surface area (Å²) in [6.07, 6.45) is 0.679. The lowest BCUT2D eigenvalue weighted by atomic mass is 9.93. The van der Waals surface area contributed by atoms with Gasteiger partial charge in [-0.15, -0.1) is 0 Å². The van der Waals surface area contributed by atoms with Gasteiger partial charge in [0.2, 0.25) is 0 Å². The van der Waals surface area contributed by atoms with Crippen LogP contribution in [0.25, 0.3) is 0 Å². The molecule has 0 radical (unpaired) electrons. The van der Waals surface area contributed by atoms with Crippen molar-refractivity contribution in [3.05, 3.63) is 0 Å². The highest BCUT2D eigenvalue weighted by molar-refractivity contribution is 5.84. The molecule has 1 aliphatic rings. The summed E-state index contributed by atoms with van der Waals surface area (Å²) in [6.45, 7) is 7.98. The van der Waals surface area contributed by atoms with Gasteiger partial charge in [0, 0.05) is 0 Å². The van der Waals surface area contributed by atoms with Gasteiger partial charge in [-0.2, -0.15) is 0 Å². The SMILES string of the molecule is CCOC(=O)C1(CC)OC1(C)C. The third kappa shape index (κ3) is 1.12. The van der Waals surface area contributed by atoms with Crippen molar-refractivity contribution in [1.29, 1.82) is 0 Å². The topological polar surface area (TPSA) is 38.8 Å². The number of carbonyl (C=O) groups is 1. The summed E-state index contributed by atoms with van der Waals surface area (Å²) in [6, 6.07) is 0. The summed E-state index contributed by atoms with van der Waals surface area (Å²) < 4.78 is 10.3. The van der Waals surface area contributed by atoms with E-state index in [1.165, 1.54) is 0 Å². The zero-order chi connectivity index (χ0) is 9.41. The lowest BCUT2D eigenvalue weighted by Gasteiger charge is -2.10. The Morgan fingerprint density at radius 2 is 1.92 bits per heavy atom. The van der Waals surface area contributed by atoms with Gasteiger partial charge in [-0.3, -0.25) is 0 Å². The van der Waals surface area contributed by atoms with Gasteiger partial charge in [-0.05, 0) is 27.2 Å². The van der Waals surface area contributed by atoms with Crippen LogP contribution in [0.15, 0.2) is 0 Å². The molecule has 70 valence electrons. The summed E-state index contributed by atoms with van der Waals surface area (Å²) in [5, 5.41) is 0. The predicted molar refractivity (Wildman–Crippen MR) is 44.8 cm³/mol. The normalized spacial score (nSPS) is 31.3. The highest BCUT2D eigenvalue weighted by Gasteiger charge is 2.68. The molecule has 0 bridgehead atoms. The lowest BCUT2D eigenvalue weighted by molar-refractivity contribution is -0.149. The minimum absolute atomic E-state index is 0.225. The molecule has 0 aromatic rings. The molecule has 0 spiro atoms. The molecule has 1 unspecified atom stereocenters. The van der Waals surface area contributed by atoms with Gasteiger partial charge in [0.25, 0.3) is 0 Å². The van der Waals surface area contributed by atoms with Crippen LogP contribution < -0.4 is 0 Å². The van der Waals surface area contributed by atoms with Crippen LogP contribution in [-0.2, 0) is 14.3 Å². The van der Waals surface area contributed by atoms with Crippen molar-refractivity contribution in [2.75, 3.05) is 6.61 Å². The number of ether oxygens (including phenoxy) is 2. The van der Waals surface area contributed by atoms with E-state index in [0.717, 1.165) is 0 Å². The van der Waals surface area contributed by atoms with Crippen LogP contribution in [-0.4, -0.2) is 23.8 Å². The van der Waals surface area contributed by atoms with Gasteiger partial charge in [0.1, 0.15) is 5.60 Å². The number of hydrogen-bond donors (Lipinski definition) is 0. The summed E-state index contributed by atoms with van der Waals surface area (Å²) >= 11 is 0. The Balaban J connectivity index is 2.66. The van der Waals surface area contributed by atoms with Crippen molar-refractivity contribution in [1.82, 2.24) is 0 Å². The number of carbonyl (C=O) groups excluding carboxylic acids is 1. The van der Waals surface area contributed by atoms with Crippen LogP contribution >= 0.6 is 0 Å². The van der Waals surface area contributed by atoms with E-state index in [9.17, 15) is 4.79 Å². The number of epoxide rings is 1. The fourth-order valence-electron chi connectivity index (χ4n) is 1.59. The lowest BCUT2D eigenvalue weighted by Crippen LogP contribution is -2.32. The molecule has 0 aromatic carbocycles. The molecule has 1 fully saturated rings. The van der Waals surface area contributed by atoms with Gasteiger partial charge >= 0.3 is 5.97 Å². The van der Waals surface area contributed by atoms with Crippen LogP contribution in [0.4, 0.5) is 0 Å². The molecular formula is C9H16O3. The van der Waals surface area contributed by atoms with Crippen molar-refractivity contribution in [3.8, 4) is 0 Å². The maximum Gasteiger partial charge on any atom is 0.341 e. The standard InChI is InChI=1S/C9H16O3/c1-5-9(7(10)11-6-2)8(3,4)12-9/h5-6H2,1-4H3. The Hall–Kier alpha value is -0.570. The smallest absolute Gasteiger partial charge is 0.341 e. The monoisotopic (exact) mass is 172 g/mol. The first kappa shape index (κ1) is 9.52. The Bertz CT molecular complexity index is 198. The first-order valence-electron chi connectivity index (χ1n) is 4.37. The van der Waals surface area contributed by atoms with Gasteiger partial charge in [0.05, 0.1) is 6.61 Å². The van der Waals surface area contributed by atoms with Crippen LogP contribution in [0.2, 0.25) is 0 Å². The number of rotatable bonds is 3. The molecule has 0 N–H and O–H groups in total. The molecule has 0 saturated carbocycles. The van der Waals surface area contributed by atoms with E-state index in [-0.39, 0.29) is 11.6 Å². The van der Waals surface area contributed by atoms with Crippen molar-refractivity contribution in [2.45, 2.75) is 45.3 Å². The second kappa shape index (κ2) is 2.73. The fraction of sp³-hybridized carbons (Fsp3) is 0.889. The van der Waals surface area contributed by atoms with Crippen molar-refractivity contribution in [3.63, 3.8) is 0 Å². The summed E-state index contributed by atoms with van der Waals surface area (Å²) in [5.74, 6) is -0.225. The molecule has 1 heterocycles. The van der Waals surface area contributed by atoms with Crippen molar-refractivity contribution < 1.29 is 14.3 Å². The van der Waals surface area contributed by atoms with Gasteiger partial charge in [-0.1, -0.05) is 6.92 Å². The second-order valence-corrected chi connectivity index (χ2v) is 3.51. The maximum absolute atomic E-state index is 11.4. The molecule has 3 nitrogen and oxygen atoms in total. The molecule has 0 amide bonds. The van der Waals surface area contributed by atoms with Crippen molar-refractivity contribution >= 4 is 5.97 Å². The Labute approximate surface area is 73.0 Å². The fourth-order valence-corrected chi connectivity index (χ4v) is 1.59. The largest absolute Gasteiger partial charge is 0.464 e. The molecule has 1 atom stereocenters. The molecule has 1 saturated heterocycles. The molecule has 3 heteroatoms. The maximum atomic E-state index is 11.4. The highest BCUT2D eigenvalue weighted by Crippen LogP contribution is 2.50. The van der Waals surface area contributed by atoms with Gasteiger partial charge < -0.3 is 9.47 Å². The third-order valence-corrected chi connectivity index (χ3v) is 2.46. The van der Waals surface area contributed by atoms with E-state index in [4.69, 9.17) is 9.47 Å². The van der Waals surface area contributed by atoms with Crippen LogP contribution in [0, 0.1) is 0 Å². The van der Waals surface area contributed by atoms with Gasteiger partial charge in [0.15, 0.2) is 5.60 Å². The molecule has 0 aromatic heterocycles. The predicted octanol–water partition coefficient (Wildman–Crippen LogP) is 1.51. The second-order valence-electron chi connectivity index (χ2n) is 3.51. The highest BCUT2D eigenvalue weighted by atomic mass is 16.7.